The Morgan fingerprint density at radius 3 is 2.70 bits per heavy atom. The number of amides is 1. The van der Waals surface area contributed by atoms with E-state index in [1.807, 2.05) is 51.1 Å². The lowest BCUT2D eigenvalue weighted by Gasteiger charge is -2.12. The average molecular weight is 411 g/mol. The number of fused-ring (bicyclic) bond motifs is 1. The fourth-order valence-electron chi connectivity index (χ4n) is 2.78. The molecule has 0 aliphatic carbocycles. The predicted molar refractivity (Wildman–Crippen MR) is 111 cm³/mol. The summed E-state index contributed by atoms with van der Waals surface area (Å²) in [6.45, 7) is 7.29. The van der Waals surface area contributed by atoms with Crippen molar-refractivity contribution in [2.75, 3.05) is 13.1 Å². The first-order chi connectivity index (χ1) is 12.1. The maximum atomic E-state index is 12.4. The van der Waals surface area contributed by atoms with Crippen LogP contribution in [0, 0.1) is 6.92 Å². The van der Waals surface area contributed by atoms with Gasteiger partial charge in [-0.2, -0.15) is 0 Å². The van der Waals surface area contributed by atoms with Gasteiger partial charge in [-0.1, -0.05) is 30.3 Å². The molecule has 2 N–H and O–H groups in total. The third-order valence-electron chi connectivity index (χ3n) is 4.07. The van der Waals surface area contributed by atoms with Crippen molar-refractivity contribution in [3.8, 4) is 5.69 Å². The van der Waals surface area contributed by atoms with Crippen LogP contribution >= 0.6 is 24.8 Å². The van der Waals surface area contributed by atoms with Crippen molar-refractivity contribution < 1.29 is 4.79 Å². The average Bonchev–Trinajstić information content (AvgIpc) is 3.01. The molecule has 2 aromatic heterocycles. The van der Waals surface area contributed by atoms with Gasteiger partial charge in [-0.3, -0.25) is 9.78 Å². The Kier molecular flexibility index (Phi) is 8.62. The van der Waals surface area contributed by atoms with E-state index in [1.165, 1.54) is 0 Å². The van der Waals surface area contributed by atoms with E-state index in [-0.39, 0.29) is 36.8 Å². The largest absolute Gasteiger partial charge is 0.349 e. The summed E-state index contributed by atoms with van der Waals surface area (Å²) in [6.07, 6.45) is 1.74. The molecule has 0 aliphatic rings. The Morgan fingerprint density at radius 1 is 1.22 bits per heavy atom. The van der Waals surface area contributed by atoms with Gasteiger partial charge in [0.2, 0.25) is 0 Å². The van der Waals surface area contributed by atoms with Crippen molar-refractivity contribution in [3.05, 3.63) is 47.9 Å². The number of nitrogens with zero attached hydrogens (tertiary/aromatic N) is 4. The zero-order valence-corrected chi connectivity index (χ0v) is 17.1. The molecule has 0 unspecified atom stereocenters. The highest BCUT2D eigenvalue weighted by atomic mass is 35.5. The summed E-state index contributed by atoms with van der Waals surface area (Å²) in [7, 11) is 0. The molecule has 0 radical (unpaired) electrons. The van der Waals surface area contributed by atoms with Gasteiger partial charge in [0, 0.05) is 24.2 Å². The molecule has 0 fully saturated rings. The van der Waals surface area contributed by atoms with Crippen molar-refractivity contribution in [1.29, 1.82) is 0 Å². The van der Waals surface area contributed by atoms with E-state index in [1.54, 1.807) is 10.9 Å². The second-order valence-electron chi connectivity index (χ2n) is 5.96. The number of nitrogens with one attached hydrogen (secondary N) is 2. The lowest BCUT2D eigenvalue weighted by atomic mass is 10.2. The van der Waals surface area contributed by atoms with Gasteiger partial charge in [-0.25, -0.2) is 4.68 Å². The molecule has 0 saturated heterocycles. The first-order valence-corrected chi connectivity index (χ1v) is 8.39. The van der Waals surface area contributed by atoms with Crippen molar-refractivity contribution in [2.45, 2.75) is 26.8 Å². The van der Waals surface area contributed by atoms with Gasteiger partial charge in [-0.15, -0.1) is 29.9 Å². The molecule has 2 heterocycles. The normalized spacial score (nSPS) is 11.4. The lowest BCUT2D eigenvalue weighted by Crippen LogP contribution is -2.39. The Morgan fingerprint density at radius 2 is 1.96 bits per heavy atom. The minimum Gasteiger partial charge on any atom is -0.349 e. The van der Waals surface area contributed by atoms with Crippen LogP contribution in [0.5, 0.6) is 0 Å². The smallest absolute Gasteiger partial charge is 0.273 e. The second-order valence-corrected chi connectivity index (χ2v) is 5.96. The number of halogens is 2. The molecular weight excluding hydrogens is 387 g/mol. The predicted octanol–water partition coefficient (Wildman–Crippen LogP) is 2.70. The number of aromatic nitrogens is 4. The highest BCUT2D eigenvalue weighted by Gasteiger charge is 2.18. The monoisotopic (exact) mass is 410 g/mol. The summed E-state index contributed by atoms with van der Waals surface area (Å²) >= 11 is 0. The van der Waals surface area contributed by atoms with E-state index < -0.39 is 0 Å². The molecule has 9 heteroatoms. The lowest BCUT2D eigenvalue weighted by molar-refractivity contribution is 0.0944. The van der Waals surface area contributed by atoms with Crippen LogP contribution in [0.4, 0.5) is 0 Å². The molecule has 1 atom stereocenters. The SMILES string of the molecule is CCN[C@H](C)CNC(=O)c1nnn(-c2cccc3cccnc23)c1C.Cl.Cl. The van der Waals surface area contributed by atoms with E-state index in [2.05, 4.69) is 25.9 Å². The Labute approximate surface area is 170 Å². The molecule has 3 rings (SSSR count). The van der Waals surface area contributed by atoms with Crippen LogP contribution in [0.25, 0.3) is 16.6 Å². The molecule has 0 saturated carbocycles. The first kappa shape index (κ1) is 22.8. The fourth-order valence-corrected chi connectivity index (χ4v) is 2.78. The topological polar surface area (TPSA) is 84.7 Å². The Bertz CT molecular complexity index is 893. The third kappa shape index (κ3) is 4.94. The number of para-hydroxylation sites is 1. The van der Waals surface area contributed by atoms with Crippen LogP contribution in [0.1, 0.15) is 30.0 Å². The summed E-state index contributed by atoms with van der Waals surface area (Å²) in [5.41, 5.74) is 2.65. The number of hydrogen-bond acceptors (Lipinski definition) is 5. The minimum atomic E-state index is -0.221. The standard InChI is InChI=1S/C18H22N6O.2ClH/c1-4-19-12(2)11-21-18(25)16-13(3)24(23-22-16)15-9-5-7-14-8-6-10-20-17(14)15;;/h5-10,12,19H,4,11H2,1-3H3,(H,21,25);2*1H/t12-;;/m1../s1. The van der Waals surface area contributed by atoms with E-state index in [9.17, 15) is 4.79 Å². The van der Waals surface area contributed by atoms with Gasteiger partial charge in [0.25, 0.3) is 5.91 Å². The second kappa shape index (κ2) is 10.2. The maximum Gasteiger partial charge on any atom is 0.273 e. The van der Waals surface area contributed by atoms with Crippen LogP contribution in [-0.2, 0) is 0 Å². The summed E-state index contributed by atoms with van der Waals surface area (Å²) in [6, 6.07) is 9.95. The number of hydrogen-bond donors (Lipinski definition) is 2. The minimum absolute atomic E-state index is 0. The highest BCUT2D eigenvalue weighted by Crippen LogP contribution is 2.21. The highest BCUT2D eigenvalue weighted by molar-refractivity contribution is 5.93. The quantitative estimate of drug-likeness (QED) is 0.652. The number of pyridine rings is 1. The van der Waals surface area contributed by atoms with E-state index >= 15 is 0 Å². The number of rotatable bonds is 6. The number of likely N-dealkylation sites (N-methyl/N-ethyl adjacent to an activating group) is 1. The van der Waals surface area contributed by atoms with Gasteiger partial charge in [0.15, 0.2) is 5.69 Å². The molecule has 0 bridgehead atoms. The van der Waals surface area contributed by atoms with Crippen molar-refractivity contribution >= 4 is 41.6 Å². The molecular formula is C18H24Cl2N6O. The zero-order chi connectivity index (χ0) is 17.8. The van der Waals surface area contributed by atoms with E-state index in [4.69, 9.17) is 0 Å². The fraction of sp³-hybridized carbons (Fsp3) is 0.333. The summed E-state index contributed by atoms with van der Waals surface area (Å²) < 4.78 is 1.66. The van der Waals surface area contributed by atoms with Crippen molar-refractivity contribution in [2.24, 2.45) is 0 Å². The van der Waals surface area contributed by atoms with Crippen molar-refractivity contribution in [3.63, 3.8) is 0 Å². The van der Waals surface area contributed by atoms with Gasteiger partial charge < -0.3 is 10.6 Å². The molecule has 1 aromatic carbocycles. The Balaban J connectivity index is 0.00000182. The maximum absolute atomic E-state index is 12.4. The number of carbonyl (C=O) groups excluding carboxylic acids is 1. The summed E-state index contributed by atoms with van der Waals surface area (Å²) in [5.74, 6) is -0.221. The molecule has 27 heavy (non-hydrogen) atoms. The molecule has 146 valence electrons. The number of benzene rings is 1. The van der Waals surface area contributed by atoms with Crippen LogP contribution in [0.3, 0.4) is 0 Å². The van der Waals surface area contributed by atoms with Crippen molar-refractivity contribution in [1.82, 2.24) is 30.6 Å². The van der Waals surface area contributed by atoms with Gasteiger partial charge >= 0.3 is 0 Å². The molecule has 1 amide bonds. The van der Waals surface area contributed by atoms with E-state index in [0.29, 0.717) is 17.9 Å². The number of carbonyl (C=O) groups is 1. The van der Waals surface area contributed by atoms with Crippen LogP contribution < -0.4 is 10.6 Å². The first-order valence-electron chi connectivity index (χ1n) is 8.39. The molecule has 7 nitrogen and oxygen atoms in total. The van der Waals surface area contributed by atoms with Gasteiger partial charge in [-0.05, 0) is 32.5 Å². The molecule has 0 aliphatic heterocycles. The summed E-state index contributed by atoms with van der Waals surface area (Å²) in [5, 5.41) is 15.4. The van der Waals surface area contributed by atoms with Crippen LogP contribution in [-0.4, -0.2) is 45.0 Å². The van der Waals surface area contributed by atoms with Crippen LogP contribution in [0.15, 0.2) is 36.5 Å². The molecule has 0 spiro atoms. The van der Waals surface area contributed by atoms with Gasteiger partial charge in [0.1, 0.15) is 0 Å². The third-order valence-corrected chi connectivity index (χ3v) is 4.07. The zero-order valence-electron chi connectivity index (χ0n) is 15.5. The Hall–Kier alpha value is -2.22. The molecule has 3 aromatic rings. The van der Waals surface area contributed by atoms with Gasteiger partial charge in [0.05, 0.1) is 16.9 Å². The van der Waals surface area contributed by atoms with E-state index in [0.717, 1.165) is 23.1 Å². The van der Waals surface area contributed by atoms with Crippen LogP contribution in [0.2, 0.25) is 0 Å². The summed E-state index contributed by atoms with van der Waals surface area (Å²) in [4.78, 5) is 16.8.